The topological polar surface area (TPSA) is 22.0 Å². The van der Waals surface area contributed by atoms with Crippen LogP contribution < -0.4 is 5.56 Å². The normalized spacial score (nSPS) is 10.9. The summed E-state index contributed by atoms with van der Waals surface area (Å²) < 4.78 is 1.61. The van der Waals surface area contributed by atoms with E-state index in [1.807, 2.05) is 31.2 Å². The van der Waals surface area contributed by atoms with Gasteiger partial charge < -0.3 is 4.57 Å². The number of aryl methyl sites for hydroxylation is 1. The SMILES string of the molecule is CCn1c(=O)c(Cl)c(Cl)c2ccccc21. The number of rotatable bonds is 1. The van der Waals surface area contributed by atoms with Gasteiger partial charge in [-0.2, -0.15) is 0 Å². The van der Waals surface area contributed by atoms with Crippen LogP contribution in [0, 0.1) is 0 Å². The Morgan fingerprint density at radius 1 is 1.20 bits per heavy atom. The van der Waals surface area contributed by atoms with E-state index in [0.29, 0.717) is 11.6 Å². The van der Waals surface area contributed by atoms with E-state index in [9.17, 15) is 4.79 Å². The summed E-state index contributed by atoms with van der Waals surface area (Å²) >= 11 is 11.9. The van der Waals surface area contributed by atoms with Crippen molar-refractivity contribution in [2.45, 2.75) is 13.5 Å². The van der Waals surface area contributed by atoms with Gasteiger partial charge in [-0.15, -0.1) is 0 Å². The summed E-state index contributed by atoms with van der Waals surface area (Å²) in [6.45, 7) is 2.48. The molecule has 0 unspecified atom stereocenters. The van der Waals surface area contributed by atoms with E-state index in [0.717, 1.165) is 10.9 Å². The molecular formula is C11H9Cl2NO. The molecule has 2 nitrogen and oxygen atoms in total. The summed E-state index contributed by atoms with van der Waals surface area (Å²) in [7, 11) is 0. The van der Waals surface area contributed by atoms with E-state index in [1.54, 1.807) is 4.57 Å². The van der Waals surface area contributed by atoms with Crippen molar-refractivity contribution in [2.24, 2.45) is 0 Å². The molecule has 0 amide bonds. The fourth-order valence-corrected chi connectivity index (χ4v) is 2.09. The lowest BCUT2D eigenvalue weighted by Crippen LogP contribution is -2.20. The summed E-state index contributed by atoms with van der Waals surface area (Å²) in [5.74, 6) is 0. The molecule has 15 heavy (non-hydrogen) atoms. The zero-order chi connectivity index (χ0) is 11.0. The van der Waals surface area contributed by atoms with Crippen molar-refractivity contribution in [3.63, 3.8) is 0 Å². The highest BCUT2D eigenvalue weighted by atomic mass is 35.5. The number of aromatic nitrogens is 1. The first kappa shape index (κ1) is 10.5. The third-order valence-corrected chi connectivity index (χ3v) is 3.21. The van der Waals surface area contributed by atoms with Crippen molar-refractivity contribution in [3.05, 3.63) is 44.7 Å². The summed E-state index contributed by atoms with van der Waals surface area (Å²) in [5, 5.41) is 1.24. The van der Waals surface area contributed by atoms with Crippen LogP contribution in [-0.4, -0.2) is 4.57 Å². The summed E-state index contributed by atoms with van der Waals surface area (Å²) in [5.41, 5.74) is 0.585. The molecular weight excluding hydrogens is 233 g/mol. The van der Waals surface area contributed by atoms with E-state index in [-0.39, 0.29) is 10.6 Å². The summed E-state index contributed by atoms with van der Waals surface area (Å²) in [6, 6.07) is 7.46. The van der Waals surface area contributed by atoms with Crippen LogP contribution in [0.15, 0.2) is 29.1 Å². The number of pyridine rings is 1. The van der Waals surface area contributed by atoms with Gasteiger partial charge >= 0.3 is 0 Å². The molecule has 2 rings (SSSR count). The minimum absolute atomic E-state index is 0.0946. The molecule has 78 valence electrons. The van der Waals surface area contributed by atoms with Crippen molar-refractivity contribution in [2.75, 3.05) is 0 Å². The van der Waals surface area contributed by atoms with Gasteiger partial charge in [-0.25, -0.2) is 0 Å². The monoisotopic (exact) mass is 241 g/mol. The van der Waals surface area contributed by atoms with Crippen LogP contribution in [0.1, 0.15) is 6.92 Å². The van der Waals surface area contributed by atoms with E-state index in [2.05, 4.69) is 0 Å². The van der Waals surface area contributed by atoms with Gasteiger partial charge in [-0.05, 0) is 13.0 Å². The molecule has 0 saturated heterocycles. The molecule has 0 saturated carbocycles. The number of nitrogens with zero attached hydrogens (tertiary/aromatic N) is 1. The molecule has 0 aliphatic rings. The van der Waals surface area contributed by atoms with E-state index < -0.39 is 0 Å². The molecule has 0 spiro atoms. The molecule has 4 heteroatoms. The molecule has 1 aromatic heterocycles. The first-order chi connectivity index (χ1) is 7.16. The standard InChI is InChI=1S/C11H9Cl2NO/c1-2-14-8-6-4-3-5-7(8)9(12)10(13)11(14)15/h3-6H,2H2,1H3. The fraction of sp³-hybridized carbons (Fsp3) is 0.182. The lowest BCUT2D eigenvalue weighted by atomic mass is 10.2. The predicted octanol–water partition coefficient (Wildman–Crippen LogP) is 3.33. The van der Waals surface area contributed by atoms with Gasteiger partial charge in [0.25, 0.3) is 5.56 Å². The first-order valence-electron chi connectivity index (χ1n) is 4.63. The van der Waals surface area contributed by atoms with Gasteiger partial charge in [-0.1, -0.05) is 41.4 Å². The lowest BCUT2D eigenvalue weighted by molar-refractivity contribution is 0.760. The Balaban J connectivity index is 3.05. The third kappa shape index (κ3) is 1.54. The number of hydrogen-bond acceptors (Lipinski definition) is 1. The average molecular weight is 242 g/mol. The molecule has 0 radical (unpaired) electrons. The minimum atomic E-state index is -0.233. The number of benzene rings is 1. The van der Waals surface area contributed by atoms with Crippen LogP contribution in [0.4, 0.5) is 0 Å². The fourth-order valence-electron chi connectivity index (χ4n) is 1.65. The predicted molar refractivity (Wildman–Crippen MR) is 63.9 cm³/mol. The highest BCUT2D eigenvalue weighted by Crippen LogP contribution is 2.27. The zero-order valence-corrected chi connectivity index (χ0v) is 9.64. The Morgan fingerprint density at radius 3 is 2.53 bits per heavy atom. The number of fused-ring (bicyclic) bond motifs is 1. The minimum Gasteiger partial charge on any atom is -0.307 e. The van der Waals surface area contributed by atoms with Gasteiger partial charge in [0.2, 0.25) is 0 Å². The molecule has 1 heterocycles. The second-order valence-corrected chi connectivity index (χ2v) is 3.95. The van der Waals surface area contributed by atoms with Gasteiger partial charge in [0.1, 0.15) is 5.02 Å². The van der Waals surface area contributed by atoms with Crippen molar-refractivity contribution in [1.82, 2.24) is 4.57 Å². The number of para-hydroxylation sites is 1. The van der Waals surface area contributed by atoms with Crippen molar-refractivity contribution in [3.8, 4) is 0 Å². The second kappa shape index (κ2) is 3.87. The molecule has 0 aliphatic heterocycles. The van der Waals surface area contributed by atoms with Gasteiger partial charge in [0.15, 0.2) is 0 Å². The molecule has 0 fully saturated rings. The number of halogens is 2. The molecule has 1 aromatic carbocycles. The number of hydrogen-bond donors (Lipinski definition) is 0. The molecule has 0 N–H and O–H groups in total. The lowest BCUT2D eigenvalue weighted by Gasteiger charge is -2.09. The van der Waals surface area contributed by atoms with Crippen LogP contribution in [-0.2, 0) is 6.54 Å². The Morgan fingerprint density at radius 2 is 1.87 bits per heavy atom. The first-order valence-corrected chi connectivity index (χ1v) is 5.39. The maximum atomic E-state index is 11.8. The van der Waals surface area contributed by atoms with Crippen molar-refractivity contribution in [1.29, 1.82) is 0 Å². The molecule has 0 aliphatic carbocycles. The Bertz CT molecular complexity index is 575. The quantitative estimate of drug-likeness (QED) is 0.751. The third-order valence-electron chi connectivity index (χ3n) is 2.37. The van der Waals surface area contributed by atoms with Crippen LogP contribution in [0.3, 0.4) is 0 Å². The highest BCUT2D eigenvalue weighted by Gasteiger charge is 2.11. The maximum Gasteiger partial charge on any atom is 0.271 e. The Labute approximate surface area is 97.0 Å². The average Bonchev–Trinajstić information content (AvgIpc) is 2.27. The molecule has 0 bridgehead atoms. The smallest absolute Gasteiger partial charge is 0.271 e. The van der Waals surface area contributed by atoms with Crippen molar-refractivity contribution >= 4 is 34.1 Å². The Hall–Kier alpha value is -0.990. The van der Waals surface area contributed by atoms with Gasteiger partial charge in [0.05, 0.1) is 10.5 Å². The van der Waals surface area contributed by atoms with E-state index >= 15 is 0 Å². The van der Waals surface area contributed by atoms with E-state index in [1.165, 1.54) is 0 Å². The molecule has 0 atom stereocenters. The summed E-state index contributed by atoms with van der Waals surface area (Å²) in [4.78, 5) is 11.8. The van der Waals surface area contributed by atoms with E-state index in [4.69, 9.17) is 23.2 Å². The van der Waals surface area contributed by atoms with Crippen LogP contribution >= 0.6 is 23.2 Å². The van der Waals surface area contributed by atoms with Gasteiger partial charge in [0, 0.05) is 11.9 Å². The maximum absolute atomic E-state index is 11.8. The largest absolute Gasteiger partial charge is 0.307 e. The summed E-state index contributed by atoms with van der Waals surface area (Å²) in [6.07, 6.45) is 0. The second-order valence-electron chi connectivity index (χ2n) is 3.19. The Kier molecular flexibility index (Phi) is 2.72. The van der Waals surface area contributed by atoms with Crippen LogP contribution in [0.25, 0.3) is 10.9 Å². The van der Waals surface area contributed by atoms with Crippen LogP contribution in [0.2, 0.25) is 10.0 Å². The van der Waals surface area contributed by atoms with Crippen LogP contribution in [0.5, 0.6) is 0 Å². The molecule has 2 aromatic rings. The zero-order valence-electron chi connectivity index (χ0n) is 8.13. The van der Waals surface area contributed by atoms with Crippen molar-refractivity contribution < 1.29 is 0 Å². The van der Waals surface area contributed by atoms with Gasteiger partial charge in [-0.3, -0.25) is 4.79 Å². The highest BCUT2D eigenvalue weighted by molar-refractivity contribution is 6.45.